The molecule has 0 fully saturated rings. The van der Waals surface area contributed by atoms with Gasteiger partial charge in [0.25, 0.3) is 0 Å². The first-order chi connectivity index (χ1) is 20.9. The van der Waals surface area contributed by atoms with Crippen molar-refractivity contribution in [2.75, 3.05) is 0 Å². The standard InChI is InChI=1S/C40H24N2/c1-3-11-28-25(9-1)17-20-35-37(28)34-19-18-26-10-2-4-12-29(26)39(34)42-40(35)38-32-15-7-5-13-30(32)36(27-21-23-41-24-22-27)31-14-6-8-16-33(31)38/h1-24H. The summed E-state index contributed by atoms with van der Waals surface area (Å²) >= 11 is 0. The van der Waals surface area contributed by atoms with E-state index in [0.717, 1.165) is 16.8 Å². The van der Waals surface area contributed by atoms with Crippen LogP contribution in [0.5, 0.6) is 0 Å². The van der Waals surface area contributed by atoms with Crippen LogP contribution in [0, 0.1) is 0 Å². The van der Waals surface area contributed by atoms with Crippen LogP contribution in [0.3, 0.4) is 0 Å². The largest absolute Gasteiger partial charge is 0.265 e. The fourth-order valence-corrected chi connectivity index (χ4v) is 6.91. The molecule has 0 aliphatic carbocycles. The minimum Gasteiger partial charge on any atom is -0.265 e. The van der Waals surface area contributed by atoms with Crippen LogP contribution in [0.1, 0.15) is 0 Å². The number of fused-ring (bicyclic) bond motifs is 9. The Bertz CT molecular complexity index is 2460. The molecule has 42 heavy (non-hydrogen) atoms. The smallest absolute Gasteiger partial charge is 0.0801 e. The molecule has 2 heteroatoms. The molecule has 2 heterocycles. The predicted octanol–water partition coefficient (Wildman–Crippen LogP) is 10.7. The van der Waals surface area contributed by atoms with E-state index in [2.05, 4.69) is 138 Å². The van der Waals surface area contributed by atoms with Crippen LogP contribution in [0.15, 0.2) is 146 Å². The lowest BCUT2D eigenvalue weighted by molar-refractivity contribution is 1.33. The molecule has 0 aliphatic heterocycles. The summed E-state index contributed by atoms with van der Waals surface area (Å²) in [7, 11) is 0. The second-order valence-electron chi connectivity index (χ2n) is 10.9. The Morgan fingerprint density at radius 2 is 0.857 bits per heavy atom. The van der Waals surface area contributed by atoms with Crippen molar-refractivity contribution in [2.45, 2.75) is 0 Å². The van der Waals surface area contributed by atoms with E-state index in [9.17, 15) is 0 Å². The third-order valence-electron chi connectivity index (χ3n) is 8.71. The van der Waals surface area contributed by atoms with Gasteiger partial charge in [-0.05, 0) is 61.0 Å². The molecule has 0 atom stereocenters. The van der Waals surface area contributed by atoms with Gasteiger partial charge in [0.15, 0.2) is 0 Å². The number of benzene rings is 7. The number of aromatic nitrogens is 2. The van der Waals surface area contributed by atoms with Crippen LogP contribution in [0.25, 0.3) is 87.1 Å². The van der Waals surface area contributed by atoms with Crippen LogP contribution in [0.4, 0.5) is 0 Å². The first kappa shape index (κ1) is 23.1. The van der Waals surface area contributed by atoms with Gasteiger partial charge in [-0.2, -0.15) is 0 Å². The van der Waals surface area contributed by atoms with Crippen molar-refractivity contribution in [3.8, 4) is 22.4 Å². The van der Waals surface area contributed by atoms with Gasteiger partial charge in [0.1, 0.15) is 0 Å². The van der Waals surface area contributed by atoms with Gasteiger partial charge in [-0.25, -0.2) is 4.98 Å². The molecule has 9 rings (SSSR count). The number of hydrogen-bond donors (Lipinski definition) is 0. The fourth-order valence-electron chi connectivity index (χ4n) is 6.91. The molecule has 0 bridgehead atoms. The first-order valence-electron chi connectivity index (χ1n) is 14.3. The zero-order valence-corrected chi connectivity index (χ0v) is 22.8. The predicted molar refractivity (Wildman–Crippen MR) is 178 cm³/mol. The summed E-state index contributed by atoms with van der Waals surface area (Å²) in [6, 6.07) is 48.1. The van der Waals surface area contributed by atoms with Gasteiger partial charge >= 0.3 is 0 Å². The maximum atomic E-state index is 5.60. The Morgan fingerprint density at radius 3 is 1.50 bits per heavy atom. The van der Waals surface area contributed by atoms with E-state index in [4.69, 9.17) is 4.98 Å². The van der Waals surface area contributed by atoms with E-state index < -0.39 is 0 Å². The Morgan fingerprint density at radius 1 is 0.357 bits per heavy atom. The summed E-state index contributed by atoms with van der Waals surface area (Å²) < 4.78 is 0. The van der Waals surface area contributed by atoms with E-state index >= 15 is 0 Å². The van der Waals surface area contributed by atoms with Crippen molar-refractivity contribution < 1.29 is 0 Å². The number of nitrogens with zero attached hydrogens (tertiary/aromatic N) is 2. The number of pyridine rings is 2. The molecule has 0 saturated heterocycles. The molecule has 0 saturated carbocycles. The molecular formula is C40H24N2. The zero-order valence-electron chi connectivity index (χ0n) is 22.8. The lowest BCUT2D eigenvalue weighted by Gasteiger charge is -2.19. The lowest BCUT2D eigenvalue weighted by atomic mass is 9.85. The molecule has 0 N–H and O–H groups in total. The highest BCUT2D eigenvalue weighted by Crippen LogP contribution is 2.46. The van der Waals surface area contributed by atoms with Crippen molar-refractivity contribution in [3.05, 3.63) is 146 Å². The molecule has 0 amide bonds. The quantitative estimate of drug-likeness (QED) is 0.163. The van der Waals surface area contributed by atoms with Crippen molar-refractivity contribution in [3.63, 3.8) is 0 Å². The summed E-state index contributed by atoms with van der Waals surface area (Å²) in [5.41, 5.74) is 5.63. The topological polar surface area (TPSA) is 25.8 Å². The molecule has 9 aromatic rings. The highest BCUT2D eigenvalue weighted by molar-refractivity contribution is 6.29. The van der Waals surface area contributed by atoms with E-state index in [-0.39, 0.29) is 0 Å². The Kier molecular flexibility index (Phi) is 4.93. The summed E-state index contributed by atoms with van der Waals surface area (Å²) in [5, 5.41) is 13.3. The molecule has 194 valence electrons. The molecule has 2 nitrogen and oxygen atoms in total. The SMILES string of the molecule is c1ccc2c(c1)ccc1c2nc(-c2c3ccccc3c(-c3ccncc3)c3ccccc23)c2ccc3ccccc3c21. The summed E-state index contributed by atoms with van der Waals surface area (Å²) in [5.74, 6) is 0. The van der Waals surface area contributed by atoms with E-state index in [1.165, 1.54) is 70.4 Å². The first-order valence-corrected chi connectivity index (χ1v) is 14.3. The Hall–Kier alpha value is -5.60. The second kappa shape index (κ2) is 8.95. The van der Waals surface area contributed by atoms with Crippen LogP contribution in [0.2, 0.25) is 0 Å². The monoisotopic (exact) mass is 532 g/mol. The number of hydrogen-bond acceptors (Lipinski definition) is 2. The molecule has 0 radical (unpaired) electrons. The van der Waals surface area contributed by atoms with Crippen LogP contribution in [-0.2, 0) is 0 Å². The lowest BCUT2D eigenvalue weighted by Crippen LogP contribution is -1.95. The van der Waals surface area contributed by atoms with E-state index in [1.807, 2.05) is 12.4 Å². The average molecular weight is 533 g/mol. The maximum Gasteiger partial charge on any atom is 0.0801 e. The molecular weight excluding hydrogens is 508 g/mol. The Balaban J connectivity index is 1.55. The minimum atomic E-state index is 1.02. The normalized spacial score (nSPS) is 11.8. The van der Waals surface area contributed by atoms with Gasteiger partial charge in [-0.3, -0.25) is 4.98 Å². The average Bonchev–Trinajstić information content (AvgIpc) is 3.07. The Labute approximate surface area is 242 Å². The van der Waals surface area contributed by atoms with Crippen molar-refractivity contribution in [2.24, 2.45) is 0 Å². The highest BCUT2D eigenvalue weighted by atomic mass is 14.7. The van der Waals surface area contributed by atoms with Crippen LogP contribution < -0.4 is 0 Å². The van der Waals surface area contributed by atoms with Crippen LogP contribution in [-0.4, -0.2) is 9.97 Å². The van der Waals surface area contributed by atoms with Crippen molar-refractivity contribution in [1.29, 1.82) is 0 Å². The summed E-state index contributed by atoms with van der Waals surface area (Å²) in [6.45, 7) is 0. The van der Waals surface area contributed by atoms with Gasteiger partial charge in [0.05, 0.1) is 11.2 Å². The zero-order chi connectivity index (χ0) is 27.6. The van der Waals surface area contributed by atoms with Crippen LogP contribution >= 0.6 is 0 Å². The molecule has 0 aliphatic rings. The molecule has 2 aromatic heterocycles. The second-order valence-corrected chi connectivity index (χ2v) is 10.9. The third-order valence-corrected chi connectivity index (χ3v) is 8.71. The fraction of sp³-hybridized carbons (Fsp3) is 0. The third kappa shape index (κ3) is 3.27. The van der Waals surface area contributed by atoms with E-state index in [0.29, 0.717) is 0 Å². The summed E-state index contributed by atoms with van der Waals surface area (Å²) in [6.07, 6.45) is 3.75. The van der Waals surface area contributed by atoms with Crippen molar-refractivity contribution >= 4 is 64.8 Å². The van der Waals surface area contributed by atoms with E-state index in [1.54, 1.807) is 0 Å². The summed E-state index contributed by atoms with van der Waals surface area (Å²) in [4.78, 5) is 9.90. The highest BCUT2D eigenvalue weighted by Gasteiger charge is 2.21. The minimum absolute atomic E-state index is 1.02. The number of rotatable bonds is 2. The van der Waals surface area contributed by atoms with Crippen molar-refractivity contribution in [1.82, 2.24) is 9.97 Å². The van der Waals surface area contributed by atoms with Gasteiger partial charge in [-0.15, -0.1) is 0 Å². The molecule has 7 aromatic carbocycles. The van der Waals surface area contributed by atoms with Gasteiger partial charge in [0.2, 0.25) is 0 Å². The molecule has 0 unspecified atom stereocenters. The van der Waals surface area contributed by atoms with Gasteiger partial charge < -0.3 is 0 Å². The maximum absolute atomic E-state index is 5.60. The molecule has 0 spiro atoms. The van der Waals surface area contributed by atoms with Gasteiger partial charge in [-0.1, -0.05) is 121 Å². The van der Waals surface area contributed by atoms with Gasteiger partial charge in [0, 0.05) is 39.5 Å².